The number of aliphatic hydroxyl groups is 1. The quantitative estimate of drug-likeness (QED) is 0.247. The van der Waals surface area contributed by atoms with E-state index >= 15 is 0 Å². The highest BCUT2D eigenvalue weighted by Gasteiger charge is 2.39. The number of anilines is 2. The number of halogens is 5. The van der Waals surface area contributed by atoms with E-state index in [-0.39, 0.29) is 41.7 Å². The van der Waals surface area contributed by atoms with Crippen LogP contribution in [-0.2, 0) is 13.1 Å². The first-order valence-corrected chi connectivity index (χ1v) is 12.5. The molecule has 5 rings (SSSR count). The number of hydrogen-bond donors (Lipinski definition) is 2. The Bertz CT molecular complexity index is 1630. The van der Waals surface area contributed by atoms with Crippen molar-refractivity contribution < 1.29 is 41.3 Å². The van der Waals surface area contributed by atoms with Crippen molar-refractivity contribution >= 4 is 17.4 Å². The van der Waals surface area contributed by atoms with Gasteiger partial charge in [0.1, 0.15) is 34.5 Å². The molecule has 1 aromatic heterocycles. The molecule has 42 heavy (non-hydrogen) atoms. The molecule has 3 aromatic carbocycles. The number of methoxy groups -OCH3 is 2. The summed E-state index contributed by atoms with van der Waals surface area (Å²) < 4.78 is 78.8. The molecule has 0 aliphatic carbocycles. The van der Waals surface area contributed by atoms with Crippen LogP contribution in [0.4, 0.5) is 33.5 Å². The van der Waals surface area contributed by atoms with Crippen LogP contribution in [0.15, 0.2) is 60.7 Å². The van der Waals surface area contributed by atoms with Gasteiger partial charge in [0, 0.05) is 17.3 Å². The van der Waals surface area contributed by atoms with Gasteiger partial charge in [0.25, 0.3) is 5.91 Å². The Kier molecular flexibility index (Phi) is 7.69. The van der Waals surface area contributed by atoms with Crippen molar-refractivity contribution in [3.05, 3.63) is 94.7 Å². The standard InChI is InChI=1S/C29H23F5N4O4/c1-41-18-11-8-16(22(12-18)42-2)13-38-14-21-24(28(38)40)27(37-26(36-21)23-19(30)4-3-5-20(23)31)35-17-9-6-15(7-10-17)25(39)29(32,33)34/h3-12,25,39H,13-14H2,1-2H3,(H,35,36,37). The Labute approximate surface area is 236 Å². The minimum Gasteiger partial charge on any atom is -0.497 e. The first-order chi connectivity index (χ1) is 20.0. The zero-order valence-corrected chi connectivity index (χ0v) is 22.2. The van der Waals surface area contributed by atoms with Gasteiger partial charge < -0.3 is 24.8 Å². The summed E-state index contributed by atoms with van der Waals surface area (Å²) in [6.45, 7) is 0.0650. The summed E-state index contributed by atoms with van der Waals surface area (Å²) in [5.41, 5.74) is 0.174. The number of benzene rings is 3. The third-order valence-corrected chi connectivity index (χ3v) is 6.67. The molecule has 1 aliphatic rings. The maximum atomic E-state index is 14.7. The molecule has 1 aliphatic heterocycles. The molecule has 0 saturated heterocycles. The highest BCUT2D eigenvalue weighted by molar-refractivity contribution is 6.03. The number of fused-ring (bicyclic) bond motifs is 1. The van der Waals surface area contributed by atoms with E-state index in [0.29, 0.717) is 17.1 Å². The number of amides is 1. The van der Waals surface area contributed by atoms with Crippen molar-refractivity contribution in [1.82, 2.24) is 14.9 Å². The van der Waals surface area contributed by atoms with Crippen LogP contribution in [0.3, 0.4) is 0 Å². The number of carbonyl (C=O) groups excluding carboxylic acids is 1. The molecule has 13 heteroatoms. The van der Waals surface area contributed by atoms with Crippen LogP contribution in [-0.4, -0.2) is 46.3 Å². The minimum atomic E-state index is -4.86. The van der Waals surface area contributed by atoms with Crippen LogP contribution in [0, 0.1) is 11.6 Å². The summed E-state index contributed by atoms with van der Waals surface area (Å²) in [4.78, 5) is 23.6. The van der Waals surface area contributed by atoms with E-state index in [1.807, 2.05) is 0 Å². The lowest BCUT2D eigenvalue weighted by molar-refractivity contribution is -0.206. The summed E-state index contributed by atoms with van der Waals surface area (Å²) in [5, 5.41) is 12.4. The number of rotatable bonds is 8. The Morgan fingerprint density at radius 2 is 1.67 bits per heavy atom. The number of carbonyl (C=O) groups is 1. The Balaban J connectivity index is 1.53. The molecule has 0 spiro atoms. The fourth-order valence-electron chi connectivity index (χ4n) is 4.56. The molecule has 8 nitrogen and oxygen atoms in total. The van der Waals surface area contributed by atoms with E-state index in [4.69, 9.17) is 9.47 Å². The number of alkyl halides is 3. The third kappa shape index (κ3) is 5.55. The van der Waals surface area contributed by atoms with Crippen molar-refractivity contribution in [2.45, 2.75) is 25.4 Å². The van der Waals surface area contributed by atoms with Crippen LogP contribution in [0.1, 0.15) is 33.3 Å². The lowest BCUT2D eigenvalue weighted by Crippen LogP contribution is -2.24. The molecular weight excluding hydrogens is 563 g/mol. The predicted molar refractivity (Wildman–Crippen MR) is 141 cm³/mol. The fraction of sp³-hybridized carbons (Fsp3) is 0.207. The van der Waals surface area contributed by atoms with Crippen LogP contribution in [0.2, 0.25) is 0 Å². The van der Waals surface area contributed by atoms with Gasteiger partial charge in [-0.25, -0.2) is 18.7 Å². The van der Waals surface area contributed by atoms with Crippen LogP contribution in [0.5, 0.6) is 11.5 Å². The molecule has 0 bridgehead atoms. The van der Waals surface area contributed by atoms with Gasteiger partial charge in [0.05, 0.1) is 38.6 Å². The van der Waals surface area contributed by atoms with Gasteiger partial charge in [0.2, 0.25) is 0 Å². The van der Waals surface area contributed by atoms with Gasteiger partial charge in [-0.15, -0.1) is 0 Å². The Hall–Kier alpha value is -4.78. The average molecular weight is 587 g/mol. The second-order valence-electron chi connectivity index (χ2n) is 9.34. The van der Waals surface area contributed by atoms with Gasteiger partial charge in [0.15, 0.2) is 11.9 Å². The molecule has 0 fully saturated rings. The number of aliphatic hydroxyl groups excluding tert-OH is 1. The molecule has 1 unspecified atom stereocenters. The summed E-state index contributed by atoms with van der Waals surface area (Å²) in [7, 11) is 2.98. The highest BCUT2D eigenvalue weighted by atomic mass is 19.4. The lowest BCUT2D eigenvalue weighted by Gasteiger charge is -2.18. The molecule has 2 N–H and O–H groups in total. The fourth-order valence-corrected chi connectivity index (χ4v) is 4.56. The summed E-state index contributed by atoms with van der Waals surface area (Å²) in [6.07, 6.45) is -7.54. The number of ether oxygens (including phenoxy) is 2. The monoisotopic (exact) mass is 586 g/mol. The minimum absolute atomic E-state index is 0.0274. The van der Waals surface area contributed by atoms with Gasteiger partial charge in [-0.3, -0.25) is 4.79 Å². The Morgan fingerprint density at radius 1 is 0.976 bits per heavy atom. The first kappa shape index (κ1) is 28.7. The largest absolute Gasteiger partial charge is 0.497 e. The molecule has 2 heterocycles. The normalized spacial score (nSPS) is 13.6. The number of hydrogen-bond acceptors (Lipinski definition) is 7. The summed E-state index contributed by atoms with van der Waals surface area (Å²) in [5.74, 6) is -1.74. The van der Waals surface area contributed by atoms with E-state index in [1.54, 1.807) is 18.2 Å². The van der Waals surface area contributed by atoms with E-state index in [0.717, 1.165) is 24.3 Å². The molecule has 4 aromatic rings. The van der Waals surface area contributed by atoms with E-state index in [2.05, 4.69) is 15.3 Å². The smallest absolute Gasteiger partial charge is 0.418 e. The molecule has 218 valence electrons. The zero-order chi connectivity index (χ0) is 30.2. The molecule has 1 amide bonds. The third-order valence-electron chi connectivity index (χ3n) is 6.67. The highest BCUT2D eigenvalue weighted by Crippen LogP contribution is 2.36. The second kappa shape index (κ2) is 11.2. The zero-order valence-electron chi connectivity index (χ0n) is 22.2. The second-order valence-corrected chi connectivity index (χ2v) is 9.34. The van der Waals surface area contributed by atoms with Crippen molar-refractivity contribution in [1.29, 1.82) is 0 Å². The maximum absolute atomic E-state index is 14.7. The number of nitrogens with zero attached hydrogens (tertiary/aromatic N) is 3. The molecule has 0 radical (unpaired) electrons. The molecule has 0 saturated carbocycles. The first-order valence-electron chi connectivity index (χ1n) is 12.5. The lowest BCUT2D eigenvalue weighted by atomic mass is 10.1. The van der Waals surface area contributed by atoms with Crippen LogP contribution < -0.4 is 14.8 Å². The predicted octanol–water partition coefficient (Wildman–Crippen LogP) is 5.93. The van der Waals surface area contributed by atoms with Crippen molar-refractivity contribution in [3.8, 4) is 22.9 Å². The van der Waals surface area contributed by atoms with Crippen LogP contribution in [0.25, 0.3) is 11.4 Å². The summed E-state index contributed by atoms with van der Waals surface area (Å²) >= 11 is 0. The van der Waals surface area contributed by atoms with E-state index < -0.39 is 40.9 Å². The molecule has 1 atom stereocenters. The Morgan fingerprint density at radius 3 is 2.29 bits per heavy atom. The topological polar surface area (TPSA) is 96.8 Å². The van der Waals surface area contributed by atoms with Crippen molar-refractivity contribution in [2.75, 3.05) is 19.5 Å². The van der Waals surface area contributed by atoms with Gasteiger partial charge in [-0.05, 0) is 42.0 Å². The number of aromatic nitrogens is 2. The average Bonchev–Trinajstić information content (AvgIpc) is 3.27. The van der Waals surface area contributed by atoms with E-state index in [1.165, 1.54) is 37.3 Å². The summed E-state index contributed by atoms with van der Waals surface area (Å²) in [6, 6.07) is 13.0. The number of nitrogens with one attached hydrogen (secondary N) is 1. The SMILES string of the molecule is COc1ccc(CN2Cc3nc(-c4c(F)cccc4F)nc(Nc4ccc(C(O)C(F)(F)F)cc4)c3C2=O)c(OC)c1. The van der Waals surface area contributed by atoms with E-state index in [9.17, 15) is 31.9 Å². The van der Waals surface area contributed by atoms with Gasteiger partial charge >= 0.3 is 6.18 Å². The van der Waals surface area contributed by atoms with Crippen molar-refractivity contribution in [2.24, 2.45) is 0 Å². The van der Waals surface area contributed by atoms with Crippen LogP contribution >= 0.6 is 0 Å². The van der Waals surface area contributed by atoms with Gasteiger partial charge in [-0.1, -0.05) is 18.2 Å². The van der Waals surface area contributed by atoms with Crippen molar-refractivity contribution in [3.63, 3.8) is 0 Å². The van der Waals surface area contributed by atoms with Gasteiger partial charge in [-0.2, -0.15) is 13.2 Å². The maximum Gasteiger partial charge on any atom is 0.418 e. The molecular formula is C29H23F5N4O4.